The van der Waals surface area contributed by atoms with Gasteiger partial charge in [-0.2, -0.15) is 4.90 Å². The third kappa shape index (κ3) is 4.03. The Bertz CT molecular complexity index is 2520. The number of fused-ring (bicyclic) bond motifs is 4. The number of hydrogen-bond acceptors (Lipinski definition) is 7. The van der Waals surface area contributed by atoms with Crippen molar-refractivity contribution in [3.05, 3.63) is 144 Å². The molecule has 0 unspecified atom stereocenters. The van der Waals surface area contributed by atoms with Crippen LogP contribution in [-0.2, 0) is 0 Å². The van der Waals surface area contributed by atoms with Gasteiger partial charge >= 0.3 is 6.01 Å². The molecule has 0 atom stereocenters. The van der Waals surface area contributed by atoms with E-state index in [-0.39, 0.29) is 28.6 Å². The molecule has 0 saturated heterocycles. The highest BCUT2D eigenvalue weighted by Crippen LogP contribution is 2.36. The second kappa shape index (κ2) is 9.88. The lowest BCUT2D eigenvalue weighted by molar-refractivity contribution is 0.0906. The van der Waals surface area contributed by atoms with Crippen molar-refractivity contribution in [1.82, 2.24) is 10.2 Å². The fourth-order valence-corrected chi connectivity index (χ4v) is 6.32. The van der Waals surface area contributed by atoms with Crippen molar-refractivity contribution in [2.75, 3.05) is 9.80 Å². The zero-order valence-electron chi connectivity index (χ0n) is 24.4. The van der Waals surface area contributed by atoms with E-state index in [0.717, 1.165) is 26.4 Å². The third-order valence-electron chi connectivity index (χ3n) is 8.68. The van der Waals surface area contributed by atoms with Gasteiger partial charge in [-0.25, -0.2) is 4.90 Å². The lowest BCUT2D eigenvalue weighted by atomic mass is 9.97. The van der Waals surface area contributed by atoms with Gasteiger partial charge in [0.15, 0.2) is 0 Å². The number of imide groups is 2. The second-order valence-corrected chi connectivity index (χ2v) is 11.4. The number of hydrogen-bond donors (Lipinski definition) is 0. The summed E-state index contributed by atoms with van der Waals surface area (Å²) in [7, 11) is 0. The quantitative estimate of drug-likeness (QED) is 0.151. The van der Waals surface area contributed by atoms with Gasteiger partial charge in [0.05, 0.1) is 27.9 Å². The van der Waals surface area contributed by atoms with Gasteiger partial charge in [-0.1, -0.05) is 65.8 Å². The molecule has 47 heavy (non-hydrogen) atoms. The largest absolute Gasteiger partial charge is 0.403 e. The number of rotatable bonds is 4. The summed E-state index contributed by atoms with van der Waals surface area (Å²) in [5.74, 6) is -1.83. The molecule has 7 aromatic rings. The lowest BCUT2D eigenvalue weighted by Gasteiger charge is -2.15. The number of carbonyl (C=O) groups is 4. The predicted molar refractivity (Wildman–Crippen MR) is 175 cm³/mol. The molecule has 1 aromatic heterocycles. The topological polar surface area (TPSA) is 114 Å². The maximum Gasteiger partial charge on any atom is 0.332 e. The fourth-order valence-electron chi connectivity index (χ4n) is 6.32. The monoisotopic (exact) mass is 612 g/mol. The van der Waals surface area contributed by atoms with Crippen LogP contribution in [0.3, 0.4) is 0 Å². The SMILES string of the molecule is O=C1c2ccc(-c3ccc4c(c3)C(=O)N(c3nnc(-c5ccccc5)o3)C4=O)cc2C(=O)N1c1ccc2cc3ccccc3cc2c1. The molecule has 0 N–H and O–H groups in total. The minimum atomic E-state index is -0.599. The highest BCUT2D eigenvalue weighted by atomic mass is 16.4. The minimum Gasteiger partial charge on any atom is -0.403 e. The van der Waals surface area contributed by atoms with Crippen LogP contribution in [0, 0.1) is 0 Å². The van der Waals surface area contributed by atoms with E-state index in [1.165, 1.54) is 4.90 Å². The molecule has 9 heteroatoms. The molecule has 222 valence electrons. The molecule has 0 bridgehead atoms. The summed E-state index contributed by atoms with van der Waals surface area (Å²) in [4.78, 5) is 56.0. The Kier molecular flexibility index (Phi) is 5.60. The summed E-state index contributed by atoms with van der Waals surface area (Å²) < 4.78 is 5.69. The van der Waals surface area contributed by atoms with Crippen LogP contribution in [0.4, 0.5) is 11.7 Å². The summed E-state index contributed by atoms with van der Waals surface area (Å²) in [6.07, 6.45) is 0. The zero-order chi connectivity index (χ0) is 31.8. The molecular formula is C38H20N4O5. The third-order valence-corrected chi connectivity index (χ3v) is 8.68. The lowest BCUT2D eigenvalue weighted by Crippen LogP contribution is -2.29. The number of amides is 4. The van der Waals surface area contributed by atoms with Crippen LogP contribution in [0.25, 0.3) is 44.1 Å². The van der Waals surface area contributed by atoms with Crippen LogP contribution in [0.15, 0.2) is 126 Å². The molecule has 0 radical (unpaired) electrons. The Morgan fingerprint density at radius 2 is 0.979 bits per heavy atom. The van der Waals surface area contributed by atoms with Crippen LogP contribution in [-0.4, -0.2) is 33.8 Å². The molecule has 0 fully saturated rings. The molecule has 2 aliphatic heterocycles. The van der Waals surface area contributed by atoms with Gasteiger partial charge < -0.3 is 4.42 Å². The van der Waals surface area contributed by atoms with Crippen LogP contribution >= 0.6 is 0 Å². The number of benzene rings is 6. The van der Waals surface area contributed by atoms with E-state index >= 15 is 0 Å². The molecule has 3 heterocycles. The molecule has 6 aromatic carbocycles. The summed E-state index contributed by atoms with van der Waals surface area (Å²) in [5.41, 5.74) is 3.27. The van der Waals surface area contributed by atoms with E-state index in [0.29, 0.717) is 27.9 Å². The van der Waals surface area contributed by atoms with Crippen molar-refractivity contribution < 1.29 is 23.6 Å². The zero-order valence-corrected chi connectivity index (χ0v) is 24.4. The number of anilines is 2. The first-order valence-electron chi connectivity index (χ1n) is 14.8. The van der Waals surface area contributed by atoms with E-state index < -0.39 is 23.6 Å². The first kappa shape index (κ1) is 26.6. The van der Waals surface area contributed by atoms with Gasteiger partial charge in [0.25, 0.3) is 23.6 Å². The Hall–Kier alpha value is -6.74. The minimum absolute atomic E-state index is 0.167. The average molecular weight is 613 g/mol. The standard InChI is InChI=1S/C38H20N4O5/c43-34-29-14-11-25(19-31(29)36(45)41(34)28-13-10-24-16-22-8-4-5-9-23(22)17-27(24)18-28)26-12-15-30-32(20-26)37(46)42(35(30)44)38-40-39-33(47-38)21-6-2-1-3-7-21/h1-20H. The first-order valence-corrected chi connectivity index (χ1v) is 14.8. The van der Waals surface area contributed by atoms with Crippen LogP contribution in [0.5, 0.6) is 0 Å². The number of carbonyl (C=O) groups excluding carboxylic acids is 4. The van der Waals surface area contributed by atoms with Gasteiger partial charge in [-0.05, 0) is 93.3 Å². The van der Waals surface area contributed by atoms with Gasteiger partial charge in [0.2, 0.25) is 5.89 Å². The van der Waals surface area contributed by atoms with Crippen LogP contribution in [0.2, 0.25) is 0 Å². The van der Waals surface area contributed by atoms with Crippen molar-refractivity contribution >= 4 is 56.9 Å². The molecule has 9 nitrogen and oxygen atoms in total. The fraction of sp³-hybridized carbons (Fsp3) is 0. The number of nitrogens with zero attached hydrogens (tertiary/aromatic N) is 4. The normalized spacial score (nSPS) is 14.0. The van der Waals surface area contributed by atoms with Gasteiger partial charge in [0.1, 0.15) is 0 Å². The second-order valence-electron chi connectivity index (χ2n) is 11.4. The Balaban J connectivity index is 1.02. The van der Waals surface area contributed by atoms with E-state index in [1.807, 2.05) is 60.7 Å². The van der Waals surface area contributed by atoms with E-state index in [2.05, 4.69) is 16.3 Å². The Labute approximate surface area is 266 Å². The van der Waals surface area contributed by atoms with E-state index in [4.69, 9.17) is 4.42 Å². The molecule has 0 spiro atoms. The molecule has 0 saturated carbocycles. The summed E-state index contributed by atoms with van der Waals surface area (Å²) >= 11 is 0. The van der Waals surface area contributed by atoms with Crippen molar-refractivity contribution in [2.45, 2.75) is 0 Å². The number of aromatic nitrogens is 2. The van der Waals surface area contributed by atoms with E-state index in [1.54, 1.807) is 54.6 Å². The van der Waals surface area contributed by atoms with Gasteiger partial charge in [-0.15, -0.1) is 5.10 Å². The van der Waals surface area contributed by atoms with Gasteiger partial charge in [-0.3, -0.25) is 19.2 Å². The summed E-state index contributed by atoms with van der Waals surface area (Å²) in [6.45, 7) is 0. The van der Waals surface area contributed by atoms with E-state index in [9.17, 15) is 19.2 Å². The molecule has 0 aliphatic carbocycles. The summed E-state index contributed by atoms with van der Waals surface area (Å²) in [5, 5.41) is 12.1. The molecular weight excluding hydrogens is 592 g/mol. The smallest absolute Gasteiger partial charge is 0.332 e. The Morgan fingerprint density at radius 3 is 1.66 bits per heavy atom. The highest BCUT2D eigenvalue weighted by Gasteiger charge is 2.41. The average Bonchev–Trinajstić information content (AvgIpc) is 3.76. The van der Waals surface area contributed by atoms with Crippen molar-refractivity contribution in [3.8, 4) is 22.6 Å². The maximum absolute atomic E-state index is 13.7. The molecule has 4 amide bonds. The van der Waals surface area contributed by atoms with Crippen LogP contribution in [0.1, 0.15) is 41.4 Å². The maximum atomic E-state index is 13.7. The Morgan fingerprint density at radius 1 is 0.426 bits per heavy atom. The first-order chi connectivity index (χ1) is 22.9. The van der Waals surface area contributed by atoms with Gasteiger partial charge in [0, 0.05) is 5.56 Å². The predicted octanol–water partition coefficient (Wildman–Crippen LogP) is 7.31. The molecule has 2 aliphatic rings. The van der Waals surface area contributed by atoms with Crippen molar-refractivity contribution in [1.29, 1.82) is 0 Å². The van der Waals surface area contributed by atoms with Crippen molar-refractivity contribution in [3.63, 3.8) is 0 Å². The highest BCUT2D eigenvalue weighted by molar-refractivity contribution is 6.35. The van der Waals surface area contributed by atoms with Crippen LogP contribution < -0.4 is 9.80 Å². The molecule has 9 rings (SSSR count). The summed E-state index contributed by atoms with van der Waals surface area (Å²) in [6, 6.07) is 36.4. The van der Waals surface area contributed by atoms with Crippen molar-refractivity contribution in [2.24, 2.45) is 0 Å².